The van der Waals surface area contributed by atoms with Crippen molar-refractivity contribution in [1.82, 2.24) is 9.80 Å². The van der Waals surface area contributed by atoms with Gasteiger partial charge in [0.15, 0.2) is 0 Å². The average Bonchev–Trinajstić information content (AvgIpc) is 2.97. The fraction of sp³-hybridized carbons (Fsp3) is 0.529. The molecular weight excluding hydrogens is 314 g/mol. The lowest BCUT2D eigenvalue weighted by molar-refractivity contribution is -0.134. The Morgan fingerprint density at radius 2 is 1.83 bits per heavy atom. The molecule has 0 radical (unpaired) electrons. The summed E-state index contributed by atoms with van der Waals surface area (Å²) in [5.41, 5.74) is 0.752. The monoisotopic (exact) mass is 335 g/mol. The second-order valence-corrected chi connectivity index (χ2v) is 6.49. The van der Waals surface area contributed by atoms with Crippen molar-refractivity contribution in [3.63, 3.8) is 0 Å². The van der Waals surface area contributed by atoms with Gasteiger partial charge in [-0.2, -0.15) is 0 Å². The predicted octanol–water partition coefficient (Wildman–Crippen LogP) is 2.00. The number of likely N-dealkylation sites (N-methyl/N-ethyl adjacent to an activating group) is 1. The number of nitrogens with zero attached hydrogens (tertiary/aromatic N) is 3. The van der Waals surface area contributed by atoms with E-state index in [0.29, 0.717) is 17.9 Å². The van der Waals surface area contributed by atoms with Crippen molar-refractivity contribution >= 4 is 29.1 Å². The molecule has 1 atom stereocenters. The molecule has 2 saturated heterocycles. The van der Waals surface area contributed by atoms with Gasteiger partial charge in [0, 0.05) is 43.3 Å². The van der Waals surface area contributed by atoms with E-state index in [2.05, 4.69) is 11.8 Å². The van der Waals surface area contributed by atoms with Crippen LogP contribution in [0.25, 0.3) is 0 Å². The Hall–Kier alpha value is -1.59. The van der Waals surface area contributed by atoms with Gasteiger partial charge in [-0.25, -0.2) is 0 Å². The standard InChI is InChI=1S/C17H22ClN3O2/c1-2-19-9-11-20(12-10-19)17(23)15-7-8-16(22)21(15)14-5-3-13(18)4-6-14/h3-6,15H,2,7-12H2,1H3. The molecule has 0 spiro atoms. The zero-order chi connectivity index (χ0) is 16.4. The van der Waals surface area contributed by atoms with Crippen LogP contribution in [-0.2, 0) is 9.59 Å². The van der Waals surface area contributed by atoms with Crippen LogP contribution in [-0.4, -0.2) is 60.4 Å². The average molecular weight is 336 g/mol. The van der Waals surface area contributed by atoms with Crippen molar-refractivity contribution in [3.05, 3.63) is 29.3 Å². The smallest absolute Gasteiger partial charge is 0.245 e. The third-order valence-corrected chi connectivity index (χ3v) is 4.99. The lowest BCUT2D eigenvalue weighted by atomic mass is 10.1. The molecule has 2 heterocycles. The minimum atomic E-state index is -0.378. The van der Waals surface area contributed by atoms with Crippen LogP contribution in [0.15, 0.2) is 24.3 Å². The normalized spacial score (nSPS) is 22.7. The van der Waals surface area contributed by atoms with Crippen LogP contribution in [0.3, 0.4) is 0 Å². The van der Waals surface area contributed by atoms with Gasteiger partial charge in [-0.3, -0.25) is 14.5 Å². The lowest BCUT2D eigenvalue weighted by Crippen LogP contribution is -2.54. The number of anilines is 1. The Balaban J connectivity index is 1.74. The minimum Gasteiger partial charge on any atom is -0.338 e. The van der Waals surface area contributed by atoms with Gasteiger partial charge in [0.1, 0.15) is 6.04 Å². The van der Waals surface area contributed by atoms with E-state index in [1.165, 1.54) is 0 Å². The fourth-order valence-electron chi connectivity index (χ4n) is 3.34. The van der Waals surface area contributed by atoms with Crippen molar-refractivity contribution in [2.45, 2.75) is 25.8 Å². The maximum absolute atomic E-state index is 12.9. The molecule has 124 valence electrons. The first-order valence-electron chi connectivity index (χ1n) is 8.19. The number of carbonyl (C=O) groups is 2. The SMILES string of the molecule is CCN1CCN(C(=O)C2CCC(=O)N2c2ccc(Cl)cc2)CC1. The molecular formula is C17H22ClN3O2. The Bertz CT molecular complexity index is 582. The van der Waals surface area contributed by atoms with Gasteiger partial charge in [-0.15, -0.1) is 0 Å². The van der Waals surface area contributed by atoms with Crippen LogP contribution in [0.5, 0.6) is 0 Å². The van der Waals surface area contributed by atoms with Gasteiger partial charge in [0.2, 0.25) is 11.8 Å². The van der Waals surface area contributed by atoms with Gasteiger partial charge < -0.3 is 9.80 Å². The van der Waals surface area contributed by atoms with E-state index in [9.17, 15) is 9.59 Å². The van der Waals surface area contributed by atoms with Crippen molar-refractivity contribution in [1.29, 1.82) is 0 Å². The number of piperazine rings is 1. The first-order valence-corrected chi connectivity index (χ1v) is 8.56. The summed E-state index contributed by atoms with van der Waals surface area (Å²) in [6, 6.07) is 6.74. The number of hydrogen-bond donors (Lipinski definition) is 0. The zero-order valence-electron chi connectivity index (χ0n) is 13.4. The van der Waals surface area contributed by atoms with Gasteiger partial charge in [-0.05, 0) is 37.2 Å². The number of carbonyl (C=O) groups excluding carboxylic acids is 2. The van der Waals surface area contributed by atoms with Crippen LogP contribution < -0.4 is 4.90 Å². The quantitative estimate of drug-likeness (QED) is 0.848. The van der Waals surface area contributed by atoms with Crippen molar-refractivity contribution in [2.75, 3.05) is 37.6 Å². The molecule has 0 bridgehead atoms. The number of benzene rings is 1. The molecule has 2 aliphatic heterocycles. The highest BCUT2D eigenvalue weighted by atomic mass is 35.5. The highest BCUT2D eigenvalue weighted by Gasteiger charge is 2.39. The van der Waals surface area contributed by atoms with E-state index < -0.39 is 0 Å². The van der Waals surface area contributed by atoms with Crippen LogP contribution in [0.4, 0.5) is 5.69 Å². The third-order valence-electron chi connectivity index (χ3n) is 4.73. The first kappa shape index (κ1) is 16.3. The zero-order valence-corrected chi connectivity index (χ0v) is 14.1. The predicted molar refractivity (Wildman–Crippen MR) is 90.7 cm³/mol. The molecule has 1 aromatic carbocycles. The minimum absolute atomic E-state index is 0.0119. The van der Waals surface area contributed by atoms with Crippen LogP contribution in [0, 0.1) is 0 Å². The van der Waals surface area contributed by atoms with Crippen molar-refractivity contribution < 1.29 is 9.59 Å². The third kappa shape index (κ3) is 3.35. The van der Waals surface area contributed by atoms with E-state index in [1.54, 1.807) is 29.2 Å². The number of rotatable bonds is 3. The number of amides is 2. The summed E-state index contributed by atoms with van der Waals surface area (Å²) in [6.07, 6.45) is 1.02. The van der Waals surface area contributed by atoms with E-state index in [-0.39, 0.29) is 17.9 Å². The summed E-state index contributed by atoms with van der Waals surface area (Å²) in [7, 11) is 0. The Labute approximate surface area is 141 Å². The summed E-state index contributed by atoms with van der Waals surface area (Å²) >= 11 is 5.92. The van der Waals surface area contributed by atoms with E-state index in [1.807, 2.05) is 4.90 Å². The highest BCUT2D eigenvalue weighted by Crippen LogP contribution is 2.29. The second-order valence-electron chi connectivity index (χ2n) is 6.05. The van der Waals surface area contributed by atoms with Gasteiger partial charge in [0.25, 0.3) is 0 Å². The Morgan fingerprint density at radius 3 is 2.43 bits per heavy atom. The summed E-state index contributed by atoms with van der Waals surface area (Å²) < 4.78 is 0. The Morgan fingerprint density at radius 1 is 1.17 bits per heavy atom. The number of hydrogen-bond acceptors (Lipinski definition) is 3. The lowest BCUT2D eigenvalue weighted by Gasteiger charge is -2.36. The van der Waals surface area contributed by atoms with Crippen LogP contribution in [0.2, 0.25) is 5.02 Å². The molecule has 2 aliphatic rings. The number of halogens is 1. The molecule has 1 unspecified atom stereocenters. The maximum atomic E-state index is 12.9. The Kier molecular flexibility index (Phi) is 4.87. The topological polar surface area (TPSA) is 43.9 Å². The molecule has 0 aliphatic carbocycles. The summed E-state index contributed by atoms with van der Waals surface area (Å²) in [5, 5.41) is 0.624. The first-order chi connectivity index (χ1) is 11.1. The molecule has 0 N–H and O–H groups in total. The fourth-order valence-corrected chi connectivity index (χ4v) is 3.46. The van der Waals surface area contributed by atoms with Crippen LogP contribution >= 0.6 is 11.6 Å². The molecule has 0 saturated carbocycles. The second kappa shape index (κ2) is 6.89. The molecule has 3 rings (SSSR count). The van der Waals surface area contributed by atoms with Crippen LogP contribution in [0.1, 0.15) is 19.8 Å². The molecule has 2 amide bonds. The molecule has 23 heavy (non-hydrogen) atoms. The van der Waals surface area contributed by atoms with E-state index in [0.717, 1.165) is 38.4 Å². The molecule has 2 fully saturated rings. The van der Waals surface area contributed by atoms with Crippen molar-refractivity contribution in [2.24, 2.45) is 0 Å². The highest BCUT2D eigenvalue weighted by molar-refractivity contribution is 6.30. The summed E-state index contributed by atoms with van der Waals surface area (Å²) in [5.74, 6) is 0.0828. The molecule has 0 aromatic heterocycles. The summed E-state index contributed by atoms with van der Waals surface area (Å²) in [4.78, 5) is 31.0. The van der Waals surface area contributed by atoms with Crippen molar-refractivity contribution in [3.8, 4) is 0 Å². The maximum Gasteiger partial charge on any atom is 0.245 e. The molecule has 1 aromatic rings. The van der Waals surface area contributed by atoms with Gasteiger partial charge in [-0.1, -0.05) is 18.5 Å². The summed E-state index contributed by atoms with van der Waals surface area (Å²) in [6.45, 7) is 6.45. The van der Waals surface area contributed by atoms with E-state index >= 15 is 0 Å². The largest absolute Gasteiger partial charge is 0.338 e. The molecule has 6 heteroatoms. The van der Waals surface area contributed by atoms with Gasteiger partial charge >= 0.3 is 0 Å². The van der Waals surface area contributed by atoms with Gasteiger partial charge in [0.05, 0.1) is 0 Å². The molecule has 5 nitrogen and oxygen atoms in total. The van der Waals surface area contributed by atoms with E-state index in [4.69, 9.17) is 11.6 Å².